The number of hydrogen-bond donors (Lipinski definition) is 2. The highest BCUT2D eigenvalue weighted by molar-refractivity contribution is 6.33. The van der Waals surface area contributed by atoms with E-state index in [0.29, 0.717) is 21.8 Å². The number of aromatic nitrogens is 1. The highest BCUT2D eigenvalue weighted by atomic mass is 35.5. The molecule has 94 valence electrons. The summed E-state index contributed by atoms with van der Waals surface area (Å²) in [7, 11) is 0. The first-order valence-electron chi connectivity index (χ1n) is 5.82. The molecule has 0 aliphatic heterocycles. The van der Waals surface area contributed by atoms with Crippen LogP contribution in [0.3, 0.4) is 0 Å². The van der Waals surface area contributed by atoms with Crippen LogP contribution in [0.4, 0.5) is 5.69 Å². The Morgan fingerprint density at radius 3 is 2.74 bits per heavy atom. The molecule has 3 nitrogen and oxygen atoms in total. The highest BCUT2D eigenvalue weighted by Gasteiger charge is 2.14. The Kier molecular flexibility index (Phi) is 2.76. The predicted molar refractivity (Wildman–Crippen MR) is 77.6 cm³/mol. The van der Waals surface area contributed by atoms with E-state index in [1.165, 1.54) is 0 Å². The number of ketones is 1. The van der Waals surface area contributed by atoms with E-state index in [1.54, 1.807) is 24.4 Å². The smallest absolute Gasteiger partial charge is 0.195 e. The SMILES string of the molecule is Nc1ccc(C(=O)c2c[nH]c3ccccc23)cc1Cl. The number of rotatable bonds is 2. The van der Waals surface area contributed by atoms with Crippen molar-refractivity contribution in [3.8, 4) is 0 Å². The second-order valence-corrected chi connectivity index (χ2v) is 4.72. The number of anilines is 1. The number of carbonyl (C=O) groups excluding carboxylic acids is 1. The summed E-state index contributed by atoms with van der Waals surface area (Å²) in [6.45, 7) is 0. The second kappa shape index (κ2) is 4.44. The lowest BCUT2D eigenvalue weighted by Crippen LogP contribution is -2.01. The van der Waals surface area contributed by atoms with E-state index in [9.17, 15) is 4.79 Å². The maximum absolute atomic E-state index is 12.5. The molecule has 4 heteroatoms. The number of nitrogens with two attached hydrogens (primary N) is 1. The Labute approximate surface area is 115 Å². The molecular formula is C15H11ClN2O. The summed E-state index contributed by atoms with van der Waals surface area (Å²) in [4.78, 5) is 15.6. The van der Waals surface area contributed by atoms with Crippen molar-refractivity contribution in [3.05, 3.63) is 64.8 Å². The summed E-state index contributed by atoms with van der Waals surface area (Å²) in [6, 6.07) is 12.6. The van der Waals surface area contributed by atoms with Gasteiger partial charge >= 0.3 is 0 Å². The molecule has 0 amide bonds. The molecule has 0 bridgehead atoms. The normalized spacial score (nSPS) is 10.8. The number of hydrogen-bond acceptors (Lipinski definition) is 2. The maximum atomic E-state index is 12.5. The van der Waals surface area contributed by atoms with Gasteiger partial charge < -0.3 is 10.7 Å². The minimum atomic E-state index is -0.0700. The quantitative estimate of drug-likeness (QED) is 0.552. The van der Waals surface area contributed by atoms with Crippen LogP contribution in [0.25, 0.3) is 10.9 Å². The van der Waals surface area contributed by atoms with E-state index in [4.69, 9.17) is 17.3 Å². The van der Waals surface area contributed by atoms with Gasteiger partial charge in [-0.2, -0.15) is 0 Å². The zero-order chi connectivity index (χ0) is 13.4. The van der Waals surface area contributed by atoms with Gasteiger partial charge in [-0.15, -0.1) is 0 Å². The minimum absolute atomic E-state index is 0.0700. The van der Waals surface area contributed by atoms with Crippen LogP contribution in [0.5, 0.6) is 0 Å². The molecule has 0 saturated heterocycles. The van der Waals surface area contributed by atoms with Crippen LogP contribution in [0.15, 0.2) is 48.7 Å². The molecular weight excluding hydrogens is 260 g/mol. The van der Waals surface area contributed by atoms with Gasteiger partial charge in [0.15, 0.2) is 5.78 Å². The summed E-state index contributed by atoms with van der Waals surface area (Å²) < 4.78 is 0. The fourth-order valence-electron chi connectivity index (χ4n) is 2.08. The summed E-state index contributed by atoms with van der Waals surface area (Å²) in [5.74, 6) is -0.0700. The van der Waals surface area contributed by atoms with Crippen molar-refractivity contribution >= 4 is 34.0 Å². The summed E-state index contributed by atoms with van der Waals surface area (Å²) in [5, 5.41) is 1.30. The van der Waals surface area contributed by atoms with Gasteiger partial charge in [0, 0.05) is 28.2 Å². The van der Waals surface area contributed by atoms with Crippen LogP contribution in [0.1, 0.15) is 15.9 Å². The van der Waals surface area contributed by atoms with E-state index in [2.05, 4.69) is 4.98 Å². The number of nitrogen functional groups attached to an aromatic ring is 1. The Balaban J connectivity index is 2.11. The van der Waals surface area contributed by atoms with Crippen molar-refractivity contribution in [3.63, 3.8) is 0 Å². The first kappa shape index (κ1) is 11.8. The number of nitrogens with one attached hydrogen (secondary N) is 1. The molecule has 1 aromatic heterocycles. The van der Waals surface area contributed by atoms with Gasteiger partial charge in [-0.3, -0.25) is 4.79 Å². The van der Waals surface area contributed by atoms with E-state index in [0.717, 1.165) is 10.9 Å². The number of benzene rings is 2. The summed E-state index contributed by atoms with van der Waals surface area (Å²) in [5.41, 5.74) is 8.22. The molecule has 1 heterocycles. The molecule has 0 spiro atoms. The number of H-pyrrole nitrogens is 1. The van der Waals surface area contributed by atoms with Crippen molar-refractivity contribution in [2.45, 2.75) is 0 Å². The molecule has 0 radical (unpaired) electrons. The van der Waals surface area contributed by atoms with Gasteiger partial charge in [0.25, 0.3) is 0 Å². The standard InChI is InChI=1S/C15H11ClN2O/c16-12-7-9(5-6-13(12)17)15(19)11-8-18-14-4-2-1-3-10(11)14/h1-8,18H,17H2. The third-order valence-electron chi connectivity index (χ3n) is 3.10. The number of halogens is 1. The second-order valence-electron chi connectivity index (χ2n) is 4.31. The van der Waals surface area contributed by atoms with Crippen molar-refractivity contribution in [2.75, 3.05) is 5.73 Å². The van der Waals surface area contributed by atoms with Crippen molar-refractivity contribution < 1.29 is 4.79 Å². The van der Waals surface area contributed by atoms with Crippen molar-refractivity contribution in [1.82, 2.24) is 4.98 Å². The molecule has 0 fully saturated rings. The van der Waals surface area contributed by atoms with Gasteiger partial charge in [-0.05, 0) is 24.3 Å². The summed E-state index contributed by atoms with van der Waals surface area (Å²) in [6.07, 6.45) is 1.72. The maximum Gasteiger partial charge on any atom is 0.195 e. The van der Waals surface area contributed by atoms with E-state index >= 15 is 0 Å². The van der Waals surface area contributed by atoms with Crippen LogP contribution in [0, 0.1) is 0 Å². The van der Waals surface area contributed by atoms with Crippen molar-refractivity contribution in [2.24, 2.45) is 0 Å². The number of carbonyl (C=O) groups is 1. The minimum Gasteiger partial charge on any atom is -0.398 e. The Hall–Kier alpha value is -2.26. The predicted octanol–water partition coefficient (Wildman–Crippen LogP) is 3.63. The molecule has 3 aromatic rings. The largest absolute Gasteiger partial charge is 0.398 e. The van der Waals surface area contributed by atoms with Gasteiger partial charge in [-0.25, -0.2) is 0 Å². The van der Waals surface area contributed by atoms with Gasteiger partial charge in [0.1, 0.15) is 0 Å². The molecule has 0 unspecified atom stereocenters. The molecule has 2 aromatic carbocycles. The highest BCUT2D eigenvalue weighted by Crippen LogP contribution is 2.24. The van der Waals surface area contributed by atoms with Crippen LogP contribution < -0.4 is 5.73 Å². The number of fused-ring (bicyclic) bond motifs is 1. The van der Waals surface area contributed by atoms with Crippen molar-refractivity contribution in [1.29, 1.82) is 0 Å². The third kappa shape index (κ3) is 1.98. The van der Waals surface area contributed by atoms with Crippen LogP contribution >= 0.6 is 11.6 Å². The fourth-order valence-corrected chi connectivity index (χ4v) is 2.26. The third-order valence-corrected chi connectivity index (χ3v) is 3.42. The molecule has 19 heavy (non-hydrogen) atoms. The molecule has 3 N–H and O–H groups in total. The average Bonchev–Trinajstić information content (AvgIpc) is 2.85. The molecule has 3 rings (SSSR count). The van der Waals surface area contributed by atoms with Crippen LogP contribution in [-0.4, -0.2) is 10.8 Å². The Morgan fingerprint density at radius 1 is 1.16 bits per heavy atom. The number of aromatic amines is 1. The first-order chi connectivity index (χ1) is 9.16. The van der Waals surface area contributed by atoms with Gasteiger partial charge in [0.05, 0.1) is 10.7 Å². The first-order valence-corrected chi connectivity index (χ1v) is 6.20. The molecule has 0 aliphatic carbocycles. The van der Waals surface area contributed by atoms with E-state index < -0.39 is 0 Å². The van der Waals surface area contributed by atoms with E-state index in [-0.39, 0.29) is 5.78 Å². The van der Waals surface area contributed by atoms with Crippen LogP contribution in [-0.2, 0) is 0 Å². The lowest BCUT2D eigenvalue weighted by atomic mass is 10.0. The summed E-state index contributed by atoms with van der Waals surface area (Å²) >= 11 is 5.95. The Bertz CT molecular complexity index is 777. The van der Waals surface area contributed by atoms with Gasteiger partial charge in [0.2, 0.25) is 0 Å². The van der Waals surface area contributed by atoms with Crippen LogP contribution in [0.2, 0.25) is 5.02 Å². The van der Waals surface area contributed by atoms with Gasteiger partial charge in [-0.1, -0.05) is 29.8 Å². The average molecular weight is 271 g/mol. The topological polar surface area (TPSA) is 58.9 Å². The fraction of sp³-hybridized carbons (Fsp3) is 0. The zero-order valence-electron chi connectivity index (χ0n) is 9.98. The molecule has 0 atom stereocenters. The molecule has 0 saturated carbocycles. The Morgan fingerprint density at radius 2 is 1.95 bits per heavy atom. The monoisotopic (exact) mass is 270 g/mol. The molecule has 0 aliphatic rings. The zero-order valence-corrected chi connectivity index (χ0v) is 10.7. The lowest BCUT2D eigenvalue weighted by molar-refractivity contribution is 0.104. The van der Waals surface area contributed by atoms with E-state index in [1.807, 2.05) is 24.3 Å². The number of para-hydroxylation sites is 1. The lowest BCUT2D eigenvalue weighted by Gasteiger charge is -2.02.